The smallest absolute Gasteiger partial charge is 0.271 e. The zero-order chi connectivity index (χ0) is 17.2. The van der Waals surface area contributed by atoms with Gasteiger partial charge >= 0.3 is 0 Å². The molecule has 0 saturated heterocycles. The van der Waals surface area contributed by atoms with Gasteiger partial charge in [-0.25, -0.2) is 9.97 Å². The van der Waals surface area contributed by atoms with Crippen molar-refractivity contribution in [3.05, 3.63) is 66.4 Å². The zero-order valence-electron chi connectivity index (χ0n) is 14.0. The summed E-state index contributed by atoms with van der Waals surface area (Å²) in [5.41, 5.74) is 4.46. The molecule has 0 aliphatic carbocycles. The number of nitrogens with zero attached hydrogens (tertiary/aromatic N) is 4. The van der Waals surface area contributed by atoms with Gasteiger partial charge in [-0.05, 0) is 43.2 Å². The molecule has 0 atom stereocenters. The van der Waals surface area contributed by atoms with Crippen LogP contribution in [0.25, 0.3) is 16.7 Å². The largest absolute Gasteiger partial charge is 0.351 e. The number of para-hydroxylation sites is 2. The predicted molar refractivity (Wildman–Crippen MR) is 96.6 cm³/mol. The summed E-state index contributed by atoms with van der Waals surface area (Å²) in [5.74, 6) is -0.142. The molecule has 4 aromatic rings. The number of aryl methyl sites for hydroxylation is 2. The Labute approximate surface area is 145 Å². The highest BCUT2D eigenvalue weighted by Crippen LogP contribution is 2.12. The van der Waals surface area contributed by atoms with E-state index in [4.69, 9.17) is 0 Å². The Morgan fingerprint density at radius 3 is 3.04 bits per heavy atom. The molecule has 1 amide bonds. The first-order valence-corrected chi connectivity index (χ1v) is 8.34. The number of hydrogen-bond donors (Lipinski definition) is 1. The van der Waals surface area contributed by atoms with E-state index in [1.54, 1.807) is 6.20 Å². The van der Waals surface area contributed by atoms with Gasteiger partial charge in [-0.3, -0.25) is 4.79 Å². The third-order valence-corrected chi connectivity index (χ3v) is 4.24. The molecule has 25 heavy (non-hydrogen) atoms. The number of amides is 1. The van der Waals surface area contributed by atoms with E-state index in [0.29, 0.717) is 12.2 Å². The van der Waals surface area contributed by atoms with Gasteiger partial charge in [0.25, 0.3) is 5.91 Å². The van der Waals surface area contributed by atoms with Crippen LogP contribution in [0.4, 0.5) is 0 Å². The Kier molecular flexibility index (Phi) is 3.93. The lowest BCUT2D eigenvalue weighted by atomic mass is 10.3. The van der Waals surface area contributed by atoms with E-state index >= 15 is 0 Å². The van der Waals surface area contributed by atoms with Gasteiger partial charge in [0.15, 0.2) is 0 Å². The van der Waals surface area contributed by atoms with Gasteiger partial charge in [0.05, 0.1) is 17.4 Å². The Hall–Kier alpha value is -3.15. The van der Waals surface area contributed by atoms with Crippen LogP contribution in [0.15, 0.2) is 55.1 Å². The molecule has 0 saturated carbocycles. The van der Waals surface area contributed by atoms with E-state index in [1.165, 1.54) is 0 Å². The van der Waals surface area contributed by atoms with Crippen molar-refractivity contribution < 1.29 is 4.79 Å². The monoisotopic (exact) mass is 333 g/mol. The molecular formula is C19H19N5O. The van der Waals surface area contributed by atoms with Crippen molar-refractivity contribution >= 4 is 22.6 Å². The summed E-state index contributed by atoms with van der Waals surface area (Å²) < 4.78 is 3.97. The minimum atomic E-state index is -0.142. The lowest BCUT2D eigenvalue weighted by Gasteiger charge is -2.05. The summed E-state index contributed by atoms with van der Waals surface area (Å²) in [6.45, 7) is 3.41. The average molecular weight is 333 g/mol. The van der Waals surface area contributed by atoms with Gasteiger partial charge < -0.3 is 14.3 Å². The van der Waals surface area contributed by atoms with Crippen LogP contribution in [0.1, 0.15) is 22.5 Å². The van der Waals surface area contributed by atoms with Gasteiger partial charge in [-0.1, -0.05) is 12.1 Å². The Morgan fingerprint density at radius 2 is 2.12 bits per heavy atom. The quantitative estimate of drug-likeness (QED) is 0.571. The Balaban J connectivity index is 1.35. The molecule has 0 bridgehead atoms. The molecule has 3 aromatic heterocycles. The standard InChI is InChI=1S/C19H19N5O/c1-14-7-10-23-12-16(22-18(23)11-14)19(25)20-8-4-9-24-13-21-15-5-2-3-6-17(15)24/h2-3,5-7,10-13H,4,8-9H2,1H3,(H,20,25). The lowest BCUT2D eigenvalue weighted by molar-refractivity contribution is 0.0948. The number of imidazole rings is 2. The molecule has 3 heterocycles. The van der Waals surface area contributed by atoms with Crippen LogP contribution in [-0.2, 0) is 6.54 Å². The number of carbonyl (C=O) groups excluding carboxylic acids is 1. The second-order valence-corrected chi connectivity index (χ2v) is 6.13. The molecule has 0 spiro atoms. The summed E-state index contributed by atoms with van der Waals surface area (Å²) in [7, 11) is 0. The van der Waals surface area contributed by atoms with Crippen LogP contribution < -0.4 is 5.32 Å². The average Bonchev–Trinajstić information content (AvgIpc) is 3.22. The number of nitrogens with one attached hydrogen (secondary N) is 1. The highest BCUT2D eigenvalue weighted by molar-refractivity contribution is 5.92. The highest BCUT2D eigenvalue weighted by Gasteiger charge is 2.10. The molecule has 0 aliphatic rings. The third-order valence-electron chi connectivity index (χ3n) is 4.24. The molecule has 4 rings (SSSR count). The minimum Gasteiger partial charge on any atom is -0.351 e. The Morgan fingerprint density at radius 1 is 1.24 bits per heavy atom. The van der Waals surface area contributed by atoms with Crippen molar-refractivity contribution in [1.82, 2.24) is 24.3 Å². The number of hydrogen-bond acceptors (Lipinski definition) is 3. The van der Waals surface area contributed by atoms with E-state index in [2.05, 4.69) is 25.9 Å². The highest BCUT2D eigenvalue weighted by atomic mass is 16.1. The lowest BCUT2D eigenvalue weighted by Crippen LogP contribution is -2.25. The van der Waals surface area contributed by atoms with Crippen LogP contribution in [0.2, 0.25) is 0 Å². The van der Waals surface area contributed by atoms with E-state index in [0.717, 1.165) is 35.2 Å². The van der Waals surface area contributed by atoms with E-state index in [1.807, 2.05) is 54.2 Å². The van der Waals surface area contributed by atoms with E-state index < -0.39 is 0 Å². The van der Waals surface area contributed by atoms with Crippen LogP contribution in [0.5, 0.6) is 0 Å². The maximum absolute atomic E-state index is 12.3. The Bertz CT molecular complexity index is 1050. The summed E-state index contributed by atoms with van der Waals surface area (Å²) >= 11 is 0. The predicted octanol–water partition coefficient (Wildman–Crippen LogP) is 2.81. The number of benzene rings is 1. The first-order chi connectivity index (χ1) is 12.2. The maximum atomic E-state index is 12.3. The third kappa shape index (κ3) is 3.10. The van der Waals surface area contributed by atoms with Gasteiger partial charge in [0.1, 0.15) is 11.3 Å². The molecule has 0 aliphatic heterocycles. The van der Waals surface area contributed by atoms with Crippen LogP contribution in [0.3, 0.4) is 0 Å². The van der Waals surface area contributed by atoms with Crippen LogP contribution >= 0.6 is 0 Å². The van der Waals surface area contributed by atoms with Crippen molar-refractivity contribution in [2.45, 2.75) is 19.9 Å². The van der Waals surface area contributed by atoms with Crippen LogP contribution in [0, 0.1) is 6.92 Å². The normalized spacial score (nSPS) is 11.2. The molecule has 1 N–H and O–H groups in total. The van der Waals surface area contributed by atoms with Gasteiger partial charge in [-0.15, -0.1) is 0 Å². The minimum absolute atomic E-state index is 0.142. The number of aromatic nitrogens is 4. The maximum Gasteiger partial charge on any atom is 0.271 e. The first-order valence-electron chi connectivity index (χ1n) is 8.34. The second kappa shape index (κ2) is 6.39. The van der Waals surface area contributed by atoms with Crippen molar-refractivity contribution in [1.29, 1.82) is 0 Å². The molecule has 1 aromatic carbocycles. The summed E-state index contributed by atoms with van der Waals surface area (Å²) in [6, 6.07) is 12.0. The molecule has 126 valence electrons. The van der Waals surface area contributed by atoms with Crippen molar-refractivity contribution in [2.75, 3.05) is 6.54 Å². The van der Waals surface area contributed by atoms with Crippen molar-refractivity contribution in [3.63, 3.8) is 0 Å². The summed E-state index contributed by atoms with van der Waals surface area (Å²) in [6.07, 6.45) is 6.35. The topological polar surface area (TPSA) is 64.2 Å². The fourth-order valence-electron chi connectivity index (χ4n) is 2.92. The van der Waals surface area contributed by atoms with E-state index in [-0.39, 0.29) is 5.91 Å². The number of carbonyl (C=O) groups is 1. The second-order valence-electron chi connectivity index (χ2n) is 6.13. The summed E-state index contributed by atoms with van der Waals surface area (Å²) in [4.78, 5) is 21.0. The molecule has 0 fully saturated rings. The van der Waals surface area contributed by atoms with Gasteiger partial charge in [0.2, 0.25) is 0 Å². The molecular weight excluding hydrogens is 314 g/mol. The van der Waals surface area contributed by atoms with E-state index in [9.17, 15) is 4.79 Å². The SMILES string of the molecule is Cc1ccn2cc(C(=O)NCCCn3cnc4ccccc43)nc2c1. The number of pyridine rings is 1. The number of fused-ring (bicyclic) bond motifs is 2. The molecule has 6 heteroatoms. The molecule has 0 radical (unpaired) electrons. The summed E-state index contributed by atoms with van der Waals surface area (Å²) in [5, 5.41) is 2.94. The van der Waals surface area contributed by atoms with Crippen molar-refractivity contribution in [2.24, 2.45) is 0 Å². The molecule has 0 unspecified atom stereocenters. The van der Waals surface area contributed by atoms with Crippen LogP contribution in [-0.4, -0.2) is 31.4 Å². The fourth-order valence-corrected chi connectivity index (χ4v) is 2.92. The fraction of sp³-hybridized carbons (Fsp3) is 0.211. The van der Waals surface area contributed by atoms with Gasteiger partial charge in [0, 0.05) is 25.5 Å². The van der Waals surface area contributed by atoms with Gasteiger partial charge in [-0.2, -0.15) is 0 Å². The first kappa shape index (κ1) is 15.4. The molecule has 6 nitrogen and oxygen atoms in total. The zero-order valence-corrected chi connectivity index (χ0v) is 14.0. The van der Waals surface area contributed by atoms with Crippen molar-refractivity contribution in [3.8, 4) is 0 Å². The number of rotatable bonds is 5.